The molecule has 11 heavy (non-hydrogen) atoms. The first kappa shape index (κ1) is 7.90. The molecule has 0 aliphatic carbocycles. The van der Waals surface area contributed by atoms with Gasteiger partial charge >= 0.3 is 0 Å². The summed E-state index contributed by atoms with van der Waals surface area (Å²) in [5.74, 6) is 2.01. The van der Waals surface area contributed by atoms with Crippen molar-refractivity contribution in [3.63, 3.8) is 0 Å². The Labute approximate surface area is 72.1 Å². The predicted molar refractivity (Wildman–Crippen MR) is 47.8 cm³/mol. The smallest absolute Gasteiger partial charge is 0.0495 e. The molecule has 2 aliphatic heterocycles. The second-order valence-electron chi connectivity index (χ2n) is 3.35. The molecule has 0 aromatic heterocycles. The van der Waals surface area contributed by atoms with Crippen molar-refractivity contribution in [3.8, 4) is 0 Å². The van der Waals surface area contributed by atoms with E-state index >= 15 is 0 Å². The van der Waals surface area contributed by atoms with Gasteiger partial charge in [-0.05, 0) is 18.8 Å². The van der Waals surface area contributed by atoms with Gasteiger partial charge < -0.3 is 10.1 Å². The van der Waals surface area contributed by atoms with Crippen LogP contribution in [0.25, 0.3) is 0 Å². The van der Waals surface area contributed by atoms with Gasteiger partial charge in [-0.1, -0.05) is 0 Å². The molecule has 2 rings (SSSR count). The molecule has 3 heteroatoms. The van der Waals surface area contributed by atoms with Crippen LogP contribution in [0.5, 0.6) is 0 Å². The van der Waals surface area contributed by atoms with Crippen LogP contribution in [-0.2, 0) is 4.74 Å². The number of ether oxygens (including phenoxy) is 1. The minimum Gasteiger partial charge on any atom is -0.381 e. The van der Waals surface area contributed by atoms with Gasteiger partial charge in [0.15, 0.2) is 0 Å². The fourth-order valence-corrected chi connectivity index (χ4v) is 2.86. The Hall–Kier alpha value is 0.270. The van der Waals surface area contributed by atoms with Crippen LogP contribution in [0.15, 0.2) is 0 Å². The van der Waals surface area contributed by atoms with Crippen LogP contribution in [-0.4, -0.2) is 30.9 Å². The summed E-state index contributed by atoms with van der Waals surface area (Å²) in [7, 11) is 0. The van der Waals surface area contributed by atoms with E-state index in [2.05, 4.69) is 17.1 Å². The van der Waals surface area contributed by atoms with Gasteiger partial charge in [-0.2, -0.15) is 0 Å². The molecule has 2 fully saturated rings. The first-order valence-corrected chi connectivity index (χ1v) is 5.40. The van der Waals surface area contributed by atoms with E-state index in [9.17, 15) is 0 Å². The highest BCUT2D eigenvalue weighted by Crippen LogP contribution is 2.26. The number of nitrogens with one attached hydrogen (secondary N) is 1. The van der Waals surface area contributed by atoms with Crippen molar-refractivity contribution in [2.24, 2.45) is 5.92 Å². The highest BCUT2D eigenvalue weighted by Gasteiger charge is 2.22. The molecule has 0 amide bonds. The maximum atomic E-state index is 5.34. The summed E-state index contributed by atoms with van der Waals surface area (Å²) in [6, 6.07) is 0. The fourth-order valence-electron chi connectivity index (χ4n) is 1.75. The molecule has 2 heterocycles. The molecular weight excluding hydrogens is 158 g/mol. The maximum Gasteiger partial charge on any atom is 0.0495 e. The average molecular weight is 173 g/mol. The molecule has 2 atom stereocenters. The van der Waals surface area contributed by atoms with Gasteiger partial charge in [-0.25, -0.2) is 0 Å². The molecule has 0 bridgehead atoms. The van der Waals surface area contributed by atoms with E-state index in [1.807, 2.05) is 0 Å². The van der Waals surface area contributed by atoms with Crippen LogP contribution < -0.4 is 5.32 Å². The van der Waals surface area contributed by atoms with Gasteiger partial charge in [0, 0.05) is 30.9 Å². The molecule has 0 aromatic rings. The number of thioether (sulfide) groups is 1. The van der Waals surface area contributed by atoms with Gasteiger partial charge in [0.25, 0.3) is 0 Å². The third-order valence-corrected chi connectivity index (χ3v) is 3.61. The molecule has 0 saturated carbocycles. The molecule has 2 aliphatic rings. The van der Waals surface area contributed by atoms with Crippen molar-refractivity contribution in [1.29, 1.82) is 0 Å². The number of hydrogen-bond acceptors (Lipinski definition) is 3. The third-order valence-electron chi connectivity index (χ3n) is 2.41. The van der Waals surface area contributed by atoms with Crippen LogP contribution in [0.3, 0.4) is 0 Å². The van der Waals surface area contributed by atoms with Gasteiger partial charge in [0.2, 0.25) is 0 Å². The van der Waals surface area contributed by atoms with Crippen molar-refractivity contribution in [2.45, 2.75) is 18.1 Å². The number of rotatable bonds is 2. The molecule has 0 radical (unpaired) electrons. The molecule has 1 N–H and O–H groups in total. The average Bonchev–Trinajstić information content (AvgIpc) is 2.60. The fraction of sp³-hybridized carbons (Fsp3) is 1.00. The van der Waals surface area contributed by atoms with E-state index in [1.165, 1.54) is 19.4 Å². The van der Waals surface area contributed by atoms with Crippen LogP contribution in [0.2, 0.25) is 0 Å². The maximum absolute atomic E-state index is 5.34. The Morgan fingerprint density at radius 2 is 2.55 bits per heavy atom. The monoisotopic (exact) mass is 173 g/mol. The Balaban J connectivity index is 1.71. The SMILES string of the molecule is C1CC(CC2CNCS2)CO1. The van der Waals surface area contributed by atoms with Gasteiger partial charge in [-0.3, -0.25) is 0 Å². The highest BCUT2D eigenvalue weighted by atomic mass is 32.2. The summed E-state index contributed by atoms with van der Waals surface area (Å²) in [6.07, 6.45) is 2.65. The van der Waals surface area contributed by atoms with E-state index in [0.29, 0.717) is 0 Å². The van der Waals surface area contributed by atoms with E-state index in [1.54, 1.807) is 0 Å². The minimum absolute atomic E-state index is 0.854. The zero-order valence-electron chi connectivity index (χ0n) is 6.71. The topological polar surface area (TPSA) is 21.3 Å². The predicted octanol–water partition coefficient (Wildman–Crippen LogP) is 1.08. The van der Waals surface area contributed by atoms with E-state index in [0.717, 1.165) is 30.3 Å². The lowest BCUT2D eigenvalue weighted by molar-refractivity contribution is 0.184. The Kier molecular flexibility index (Phi) is 2.72. The normalized spacial score (nSPS) is 38.2. The van der Waals surface area contributed by atoms with E-state index < -0.39 is 0 Å². The molecule has 0 aromatic carbocycles. The lowest BCUT2D eigenvalue weighted by Gasteiger charge is -2.11. The van der Waals surface area contributed by atoms with Crippen LogP contribution in [0.4, 0.5) is 0 Å². The quantitative estimate of drug-likeness (QED) is 0.675. The van der Waals surface area contributed by atoms with Crippen molar-refractivity contribution in [3.05, 3.63) is 0 Å². The standard InChI is InChI=1S/C8H15NOS/c1-2-10-5-7(1)3-8-4-9-6-11-8/h7-9H,1-6H2. The van der Waals surface area contributed by atoms with Crippen LogP contribution in [0.1, 0.15) is 12.8 Å². The number of hydrogen-bond donors (Lipinski definition) is 1. The Morgan fingerprint density at radius 1 is 1.55 bits per heavy atom. The van der Waals surface area contributed by atoms with Crippen molar-refractivity contribution in [2.75, 3.05) is 25.6 Å². The summed E-state index contributed by atoms with van der Waals surface area (Å²) in [5.41, 5.74) is 0. The summed E-state index contributed by atoms with van der Waals surface area (Å²) >= 11 is 2.06. The minimum atomic E-state index is 0.854. The molecule has 2 unspecified atom stereocenters. The zero-order chi connectivity index (χ0) is 7.52. The summed E-state index contributed by atoms with van der Waals surface area (Å²) in [5, 5.41) is 4.23. The summed E-state index contributed by atoms with van der Waals surface area (Å²) in [4.78, 5) is 0. The molecular formula is C8H15NOS. The van der Waals surface area contributed by atoms with Crippen molar-refractivity contribution < 1.29 is 4.74 Å². The van der Waals surface area contributed by atoms with Gasteiger partial charge in [-0.15, -0.1) is 11.8 Å². The third kappa shape index (κ3) is 2.10. The van der Waals surface area contributed by atoms with E-state index in [4.69, 9.17) is 4.74 Å². The zero-order valence-corrected chi connectivity index (χ0v) is 7.53. The largest absolute Gasteiger partial charge is 0.381 e. The van der Waals surface area contributed by atoms with Gasteiger partial charge in [0.1, 0.15) is 0 Å². The second kappa shape index (κ2) is 3.78. The first-order valence-electron chi connectivity index (χ1n) is 4.35. The lowest BCUT2D eigenvalue weighted by atomic mass is 10.0. The summed E-state index contributed by atoms with van der Waals surface area (Å²) < 4.78 is 5.34. The first-order chi connectivity index (χ1) is 5.45. The lowest BCUT2D eigenvalue weighted by Crippen LogP contribution is -2.16. The molecule has 2 saturated heterocycles. The Bertz CT molecular complexity index is 105. The van der Waals surface area contributed by atoms with E-state index in [-0.39, 0.29) is 0 Å². The van der Waals surface area contributed by atoms with Crippen LogP contribution >= 0.6 is 11.8 Å². The van der Waals surface area contributed by atoms with Crippen molar-refractivity contribution in [1.82, 2.24) is 5.32 Å². The Morgan fingerprint density at radius 3 is 3.18 bits per heavy atom. The van der Waals surface area contributed by atoms with Crippen molar-refractivity contribution >= 4 is 11.8 Å². The molecule has 2 nitrogen and oxygen atoms in total. The van der Waals surface area contributed by atoms with Gasteiger partial charge in [0.05, 0.1) is 0 Å². The second-order valence-corrected chi connectivity index (χ2v) is 4.64. The highest BCUT2D eigenvalue weighted by molar-refractivity contribution is 8.00. The van der Waals surface area contributed by atoms with Crippen LogP contribution in [0, 0.1) is 5.92 Å². The molecule has 64 valence electrons. The molecule has 0 spiro atoms. The summed E-state index contributed by atoms with van der Waals surface area (Å²) in [6.45, 7) is 3.22.